The van der Waals surface area contributed by atoms with Gasteiger partial charge in [-0.3, -0.25) is 9.36 Å². The van der Waals surface area contributed by atoms with Crippen LogP contribution < -0.4 is 14.8 Å². The fraction of sp³-hybridized carbons (Fsp3) is 0.182. The molecule has 1 amide bonds. The van der Waals surface area contributed by atoms with Gasteiger partial charge in [0, 0.05) is 6.07 Å². The average molecular weight is 403 g/mol. The van der Waals surface area contributed by atoms with Crippen LogP contribution in [0.3, 0.4) is 0 Å². The second-order valence-corrected chi connectivity index (χ2v) is 6.49. The molecule has 4 aromatic rings. The number of anilines is 1. The molecule has 4 rings (SSSR count). The van der Waals surface area contributed by atoms with Crippen molar-refractivity contribution in [1.82, 2.24) is 19.5 Å². The van der Waals surface area contributed by atoms with Crippen LogP contribution in [0, 0.1) is 6.92 Å². The van der Waals surface area contributed by atoms with Gasteiger partial charge in [0.25, 0.3) is 5.91 Å². The Morgan fingerprint density at radius 3 is 2.70 bits per heavy atom. The summed E-state index contributed by atoms with van der Waals surface area (Å²) in [6.07, 6.45) is 3.12. The van der Waals surface area contributed by atoms with Crippen molar-refractivity contribution in [3.05, 3.63) is 66.2 Å². The molecule has 30 heavy (non-hydrogen) atoms. The monoisotopic (exact) mass is 403 g/mol. The maximum absolute atomic E-state index is 12.6. The highest BCUT2D eigenvalue weighted by atomic mass is 16.5. The van der Waals surface area contributed by atoms with Crippen molar-refractivity contribution >= 4 is 22.8 Å². The minimum Gasteiger partial charge on any atom is -0.497 e. The van der Waals surface area contributed by atoms with E-state index in [-0.39, 0.29) is 5.91 Å². The molecule has 0 saturated carbocycles. The third-order valence-electron chi connectivity index (χ3n) is 4.57. The van der Waals surface area contributed by atoms with Crippen molar-refractivity contribution in [2.24, 2.45) is 0 Å². The van der Waals surface area contributed by atoms with E-state index in [0.717, 1.165) is 22.6 Å². The molecule has 0 atom stereocenters. The quantitative estimate of drug-likeness (QED) is 0.527. The van der Waals surface area contributed by atoms with Gasteiger partial charge >= 0.3 is 0 Å². The van der Waals surface area contributed by atoms with E-state index in [1.807, 2.05) is 42.7 Å². The first kappa shape index (κ1) is 19.4. The number of carbonyl (C=O) groups excluding carboxylic acids is 1. The summed E-state index contributed by atoms with van der Waals surface area (Å²) in [7, 11) is 1.62. The van der Waals surface area contributed by atoms with Crippen molar-refractivity contribution in [2.75, 3.05) is 19.0 Å². The smallest absolute Gasteiger partial charge is 0.260 e. The van der Waals surface area contributed by atoms with Crippen molar-refractivity contribution in [3.63, 3.8) is 0 Å². The molecule has 0 aliphatic heterocycles. The van der Waals surface area contributed by atoms with Crippen LogP contribution in [-0.4, -0.2) is 39.1 Å². The molecule has 2 aromatic carbocycles. The number of aromatic nitrogens is 4. The molecule has 1 N–H and O–H groups in total. The lowest BCUT2D eigenvalue weighted by molar-refractivity contribution is 0.102. The van der Waals surface area contributed by atoms with Gasteiger partial charge in [0.2, 0.25) is 0 Å². The number of para-hydroxylation sites is 1. The molecule has 0 saturated heterocycles. The van der Waals surface area contributed by atoms with E-state index >= 15 is 0 Å². The minimum atomic E-state index is -0.308. The van der Waals surface area contributed by atoms with Crippen molar-refractivity contribution < 1.29 is 14.3 Å². The number of aryl methyl sites for hydroxylation is 1. The zero-order chi connectivity index (χ0) is 21.1. The van der Waals surface area contributed by atoms with Gasteiger partial charge in [0.1, 0.15) is 17.3 Å². The summed E-state index contributed by atoms with van der Waals surface area (Å²) in [5.41, 5.74) is 2.14. The van der Waals surface area contributed by atoms with Crippen LogP contribution in [0.2, 0.25) is 0 Å². The Balaban J connectivity index is 1.59. The largest absolute Gasteiger partial charge is 0.497 e. The SMILES string of the molecule is CCOc1ccccc1C(=O)Nc1cnc(-n2c(C)nc3cc(OC)ccc32)cn1. The van der Waals surface area contributed by atoms with Gasteiger partial charge in [0.05, 0.1) is 42.7 Å². The van der Waals surface area contributed by atoms with E-state index in [1.54, 1.807) is 31.5 Å². The number of ether oxygens (including phenoxy) is 2. The molecule has 152 valence electrons. The van der Waals surface area contributed by atoms with Gasteiger partial charge in [-0.05, 0) is 38.1 Å². The highest BCUT2D eigenvalue weighted by Gasteiger charge is 2.14. The maximum atomic E-state index is 12.6. The van der Waals surface area contributed by atoms with Crippen molar-refractivity contribution in [2.45, 2.75) is 13.8 Å². The lowest BCUT2D eigenvalue weighted by Crippen LogP contribution is -2.15. The van der Waals surface area contributed by atoms with Gasteiger partial charge in [-0.25, -0.2) is 15.0 Å². The Morgan fingerprint density at radius 2 is 1.97 bits per heavy atom. The minimum absolute atomic E-state index is 0.308. The molecule has 0 bridgehead atoms. The van der Waals surface area contributed by atoms with E-state index < -0.39 is 0 Å². The number of nitrogens with one attached hydrogen (secondary N) is 1. The number of benzene rings is 2. The number of amides is 1. The molecule has 0 aliphatic rings. The van der Waals surface area contributed by atoms with Crippen molar-refractivity contribution in [1.29, 1.82) is 0 Å². The Kier molecular flexibility index (Phi) is 5.30. The van der Waals surface area contributed by atoms with E-state index in [0.29, 0.717) is 29.6 Å². The summed E-state index contributed by atoms with van der Waals surface area (Å²) in [4.78, 5) is 26.0. The van der Waals surface area contributed by atoms with Gasteiger partial charge in [-0.2, -0.15) is 0 Å². The number of methoxy groups -OCH3 is 1. The zero-order valence-electron chi connectivity index (χ0n) is 16.9. The lowest BCUT2D eigenvalue weighted by Gasteiger charge is -2.10. The third-order valence-corrected chi connectivity index (χ3v) is 4.57. The third kappa shape index (κ3) is 3.67. The molecule has 0 spiro atoms. The first-order valence-corrected chi connectivity index (χ1v) is 9.49. The van der Waals surface area contributed by atoms with Crippen molar-refractivity contribution in [3.8, 4) is 17.3 Å². The van der Waals surface area contributed by atoms with Crippen LogP contribution >= 0.6 is 0 Å². The number of rotatable bonds is 6. The molecule has 0 unspecified atom stereocenters. The highest BCUT2D eigenvalue weighted by molar-refractivity contribution is 6.05. The number of fused-ring (bicyclic) bond motifs is 1. The van der Waals surface area contributed by atoms with E-state index in [9.17, 15) is 4.79 Å². The number of nitrogens with zero attached hydrogens (tertiary/aromatic N) is 4. The zero-order valence-corrected chi connectivity index (χ0v) is 16.9. The summed E-state index contributed by atoms with van der Waals surface area (Å²) in [5.74, 6) is 2.68. The summed E-state index contributed by atoms with van der Waals surface area (Å²) >= 11 is 0. The molecule has 0 fully saturated rings. The molecule has 2 heterocycles. The average Bonchev–Trinajstić information content (AvgIpc) is 3.09. The maximum Gasteiger partial charge on any atom is 0.260 e. The Morgan fingerprint density at radius 1 is 1.13 bits per heavy atom. The Hall–Kier alpha value is -3.94. The first-order chi connectivity index (χ1) is 14.6. The normalized spacial score (nSPS) is 10.8. The van der Waals surface area contributed by atoms with E-state index in [4.69, 9.17) is 9.47 Å². The van der Waals surface area contributed by atoms with Gasteiger partial charge < -0.3 is 14.8 Å². The highest BCUT2D eigenvalue weighted by Crippen LogP contribution is 2.24. The number of hydrogen-bond donors (Lipinski definition) is 1. The summed E-state index contributed by atoms with van der Waals surface area (Å²) < 4.78 is 12.7. The molecule has 0 radical (unpaired) electrons. The second-order valence-electron chi connectivity index (χ2n) is 6.49. The summed E-state index contributed by atoms with van der Waals surface area (Å²) in [5, 5.41) is 2.76. The summed E-state index contributed by atoms with van der Waals surface area (Å²) in [6, 6.07) is 12.7. The van der Waals surface area contributed by atoms with Gasteiger partial charge in [-0.1, -0.05) is 12.1 Å². The van der Waals surface area contributed by atoms with E-state index in [2.05, 4.69) is 20.3 Å². The first-order valence-electron chi connectivity index (χ1n) is 9.49. The van der Waals surface area contributed by atoms with Crippen LogP contribution in [0.5, 0.6) is 11.5 Å². The van der Waals surface area contributed by atoms with Crippen LogP contribution in [0.15, 0.2) is 54.9 Å². The lowest BCUT2D eigenvalue weighted by atomic mass is 10.2. The van der Waals surface area contributed by atoms with E-state index in [1.165, 1.54) is 6.20 Å². The van der Waals surface area contributed by atoms with Crippen LogP contribution in [-0.2, 0) is 0 Å². The Labute approximate surface area is 173 Å². The van der Waals surface area contributed by atoms with Crippen LogP contribution in [0.1, 0.15) is 23.1 Å². The molecule has 8 nitrogen and oxygen atoms in total. The van der Waals surface area contributed by atoms with Gasteiger partial charge in [-0.15, -0.1) is 0 Å². The topological polar surface area (TPSA) is 91.2 Å². The predicted octanol–water partition coefficient (Wildman–Crippen LogP) is 3.78. The molecule has 2 aromatic heterocycles. The standard InChI is InChI=1S/C22H21N5O3/c1-4-30-19-8-6-5-7-16(19)22(28)26-20-12-24-21(13-23-20)27-14(2)25-17-11-15(29-3)9-10-18(17)27/h5-13H,4H2,1-3H3,(H,23,26,28). The van der Waals surface area contributed by atoms with Crippen LogP contribution in [0.25, 0.3) is 16.9 Å². The number of hydrogen-bond acceptors (Lipinski definition) is 6. The Bertz CT molecular complexity index is 1200. The van der Waals surface area contributed by atoms with Crippen LogP contribution in [0.4, 0.5) is 5.82 Å². The van der Waals surface area contributed by atoms with Gasteiger partial charge in [0.15, 0.2) is 11.6 Å². The predicted molar refractivity (Wildman–Crippen MR) is 114 cm³/mol. The number of carbonyl (C=O) groups is 1. The molecular weight excluding hydrogens is 382 g/mol. The molecule has 0 aliphatic carbocycles. The fourth-order valence-corrected chi connectivity index (χ4v) is 3.22. The second kappa shape index (κ2) is 8.20. The fourth-order valence-electron chi connectivity index (χ4n) is 3.22. The molecular formula is C22H21N5O3. The molecule has 8 heteroatoms. The summed E-state index contributed by atoms with van der Waals surface area (Å²) in [6.45, 7) is 4.24. The number of imidazole rings is 1.